The SMILES string of the molecule is Fc1cc(F)cc(Oc2cc(Cl)c(OCC=C(Cl)Cl)c(Cl)c2)c1. The molecule has 2 rings (SSSR count). The van der Waals surface area contributed by atoms with Crippen molar-refractivity contribution in [2.24, 2.45) is 0 Å². The molecule has 0 fully saturated rings. The quantitative estimate of drug-likeness (QED) is 0.552. The molecule has 0 bridgehead atoms. The lowest BCUT2D eigenvalue weighted by molar-refractivity contribution is 0.362. The third-order valence-electron chi connectivity index (χ3n) is 2.51. The zero-order chi connectivity index (χ0) is 17.0. The minimum Gasteiger partial charge on any atom is -0.486 e. The summed E-state index contributed by atoms with van der Waals surface area (Å²) in [6.45, 7) is 0.0666. The maximum atomic E-state index is 13.1. The first-order valence-electron chi connectivity index (χ1n) is 6.12. The molecule has 0 atom stereocenters. The Labute approximate surface area is 151 Å². The molecule has 0 aliphatic carbocycles. The number of benzene rings is 2. The molecule has 2 aromatic rings. The van der Waals surface area contributed by atoms with E-state index in [-0.39, 0.29) is 38.4 Å². The molecular weight excluding hydrogens is 392 g/mol. The molecule has 0 radical (unpaired) electrons. The van der Waals surface area contributed by atoms with E-state index >= 15 is 0 Å². The highest BCUT2D eigenvalue weighted by molar-refractivity contribution is 6.55. The third kappa shape index (κ3) is 5.43. The number of ether oxygens (including phenoxy) is 2. The fourth-order valence-corrected chi connectivity index (χ4v) is 2.35. The minimum absolute atomic E-state index is 0.0276. The molecule has 0 saturated carbocycles. The number of hydrogen-bond acceptors (Lipinski definition) is 2. The first-order chi connectivity index (χ1) is 10.8. The topological polar surface area (TPSA) is 18.5 Å². The summed E-state index contributed by atoms with van der Waals surface area (Å²) in [5.41, 5.74) is 0. The van der Waals surface area contributed by atoms with Crippen molar-refractivity contribution in [3.05, 3.63) is 62.6 Å². The maximum Gasteiger partial charge on any atom is 0.157 e. The third-order valence-corrected chi connectivity index (χ3v) is 3.38. The predicted molar refractivity (Wildman–Crippen MR) is 88.2 cm³/mol. The van der Waals surface area contributed by atoms with Gasteiger partial charge in [-0.3, -0.25) is 0 Å². The Kier molecular flexibility index (Phi) is 6.36. The average Bonchev–Trinajstić information content (AvgIpc) is 2.40. The second-order valence-corrected chi connectivity index (χ2v) is 6.05. The molecule has 23 heavy (non-hydrogen) atoms. The highest BCUT2D eigenvalue weighted by Crippen LogP contribution is 2.38. The van der Waals surface area contributed by atoms with Gasteiger partial charge in [-0.2, -0.15) is 0 Å². The zero-order valence-electron chi connectivity index (χ0n) is 11.3. The summed E-state index contributed by atoms with van der Waals surface area (Å²) in [4.78, 5) is 0. The molecule has 0 aromatic heterocycles. The lowest BCUT2D eigenvalue weighted by atomic mass is 10.3. The van der Waals surface area contributed by atoms with Crippen LogP contribution in [0.4, 0.5) is 8.78 Å². The predicted octanol–water partition coefficient (Wildman–Crippen LogP) is 6.76. The second kappa shape index (κ2) is 8.06. The number of rotatable bonds is 5. The van der Waals surface area contributed by atoms with Gasteiger partial charge in [-0.25, -0.2) is 8.78 Å². The maximum absolute atomic E-state index is 13.1. The number of hydrogen-bond donors (Lipinski definition) is 0. The normalized spacial score (nSPS) is 10.3. The molecule has 2 nitrogen and oxygen atoms in total. The van der Waals surface area contributed by atoms with E-state index in [1.54, 1.807) is 0 Å². The van der Waals surface area contributed by atoms with Gasteiger partial charge >= 0.3 is 0 Å². The van der Waals surface area contributed by atoms with Crippen molar-refractivity contribution in [3.8, 4) is 17.2 Å². The second-order valence-electron chi connectivity index (χ2n) is 4.23. The van der Waals surface area contributed by atoms with E-state index in [2.05, 4.69) is 0 Å². The van der Waals surface area contributed by atoms with Crippen LogP contribution in [0.1, 0.15) is 0 Å². The molecule has 0 saturated heterocycles. The van der Waals surface area contributed by atoms with Gasteiger partial charge in [0, 0.05) is 30.3 Å². The lowest BCUT2D eigenvalue weighted by Crippen LogP contribution is -1.96. The molecule has 0 aliphatic rings. The molecule has 0 unspecified atom stereocenters. The first-order valence-corrected chi connectivity index (χ1v) is 7.63. The Morgan fingerprint density at radius 3 is 1.96 bits per heavy atom. The average molecular weight is 400 g/mol. The summed E-state index contributed by atoms with van der Waals surface area (Å²) in [6.07, 6.45) is 1.41. The summed E-state index contributed by atoms with van der Waals surface area (Å²) in [7, 11) is 0. The van der Waals surface area contributed by atoms with E-state index in [9.17, 15) is 8.78 Å². The van der Waals surface area contributed by atoms with E-state index in [0.29, 0.717) is 0 Å². The summed E-state index contributed by atoms with van der Waals surface area (Å²) >= 11 is 23.0. The van der Waals surface area contributed by atoms with Crippen molar-refractivity contribution in [1.29, 1.82) is 0 Å². The van der Waals surface area contributed by atoms with Gasteiger partial charge in [-0.1, -0.05) is 46.4 Å². The van der Waals surface area contributed by atoms with Crippen LogP contribution in [-0.2, 0) is 0 Å². The van der Waals surface area contributed by atoms with Gasteiger partial charge in [0.1, 0.15) is 34.2 Å². The van der Waals surface area contributed by atoms with Crippen LogP contribution in [0.15, 0.2) is 40.9 Å². The molecule has 0 spiro atoms. The Hall–Kier alpha value is -1.20. The van der Waals surface area contributed by atoms with Crippen molar-refractivity contribution >= 4 is 46.4 Å². The molecule has 0 aliphatic heterocycles. The fourth-order valence-electron chi connectivity index (χ4n) is 1.64. The van der Waals surface area contributed by atoms with Crippen molar-refractivity contribution < 1.29 is 18.3 Å². The van der Waals surface area contributed by atoms with Gasteiger partial charge in [0.15, 0.2) is 5.75 Å². The van der Waals surface area contributed by atoms with Gasteiger partial charge < -0.3 is 9.47 Å². The molecular formula is C15H8Cl4F2O2. The monoisotopic (exact) mass is 398 g/mol. The Morgan fingerprint density at radius 1 is 0.913 bits per heavy atom. The summed E-state index contributed by atoms with van der Waals surface area (Å²) in [6, 6.07) is 5.60. The minimum atomic E-state index is -0.762. The lowest BCUT2D eigenvalue weighted by Gasteiger charge is -2.11. The Morgan fingerprint density at radius 2 is 1.43 bits per heavy atom. The van der Waals surface area contributed by atoms with Crippen LogP contribution in [0.5, 0.6) is 17.2 Å². The van der Waals surface area contributed by atoms with Gasteiger partial charge in [-0.05, 0) is 6.08 Å². The van der Waals surface area contributed by atoms with Gasteiger partial charge in [0.25, 0.3) is 0 Å². The first kappa shape index (κ1) is 18.1. The van der Waals surface area contributed by atoms with E-state index in [1.807, 2.05) is 0 Å². The molecule has 2 aromatic carbocycles. The van der Waals surface area contributed by atoms with Crippen LogP contribution >= 0.6 is 46.4 Å². The Balaban J connectivity index is 2.20. The van der Waals surface area contributed by atoms with E-state index in [0.717, 1.165) is 18.2 Å². The van der Waals surface area contributed by atoms with Gasteiger partial charge in [-0.15, -0.1) is 0 Å². The van der Waals surface area contributed by atoms with Crippen molar-refractivity contribution in [3.63, 3.8) is 0 Å². The molecule has 0 amide bonds. The smallest absolute Gasteiger partial charge is 0.157 e. The van der Waals surface area contributed by atoms with Crippen molar-refractivity contribution in [1.82, 2.24) is 0 Å². The highest BCUT2D eigenvalue weighted by Gasteiger charge is 2.12. The molecule has 8 heteroatoms. The van der Waals surface area contributed by atoms with Gasteiger partial charge in [0.2, 0.25) is 0 Å². The van der Waals surface area contributed by atoms with Crippen LogP contribution in [0.25, 0.3) is 0 Å². The Bertz CT molecular complexity index is 703. The summed E-state index contributed by atoms with van der Waals surface area (Å²) < 4.78 is 37.0. The van der Waals surface area contributed by atoms with Gasteiger partial charge in [0.05, 0.1) is 10.0 Å². The molecule has 0 heterocycles. The molecule has 0 N–H and O–H groups in total. The number of halogens is 6. The standard InChI is InChI=1S/C15H8Cl4F2O2/c16-12-6-11(23-10-4-8(20)3-9(21)5-10)7-13(17)15(12)22-2-1-14(18)19/h1,3-7H,2H2. The van der Waals surface area contributed by atoms with Crippen LogP contribution in [0.2, 0.25) is 10.0 Å². The van der Waals surface area contributed by atoms with E-state index < -0.39 is 11.6 Å². The van der Waals surface area contributed by atoms with Crippen molar-refractivity contribution in [2.75, 3.05) is 6.61 Å². The fraction of sp³-hybridized carbons (Fsp3) is 0.0667. The van der Waals surface area contributed by atoms with Crippen LogP contribution < -0.4 is 9.47 Å². The van der Waals surface area contributed by atoms with E-state index in [4.69, 9.17) is 55.9 Å². The summed E-state index contributed by atoms with van der Waals surface area (Å²) in [5, 5.41) is 0.312. The highest BCUT2D eigenvalue weighted by atomic mass is 35.5. The molecule has 122 valence electrons. The zero-order valence-corrected chi connectivity index (χ0v) is 14.3. The van der Waals surface area contributed by atoms with Crippen LogP contribution in [-0.4, -0.2) is 6.61 Å². The van der Waals surface area contributed by atoms with E-state index in [1.165, 1.54) is 18.2 Å². The largest absolute Gasteiger partial charge is 0.486 e. The van der Waals surface area contributed by atoms with Crippen LogP contribution in [0.3, 0.4) is 0 Å². The van der Waals surface area contributed by atoms with Crippen LogP contribution in [0, 0.1) is 11.6 Å². The summed E-state index contributed by atoms with van der Waals surface area (Å²) in [5.74, 6) is -1.15. The van der Waals surface area contributed by atoms with Crippen molar-refractivity contribution in [2.45, 2.75) is 0 Å².